The van der Waals surface area contributed by atoms with E-state index in [1.807, 2.05) is 18.2 Å². The standard InChI is InChI=1S/C14H20FNO/c1-17-12-7-5-6-11(10-12)14(15)13-8-3-2-4-9-16-13/h5-7,10,13-14,16H,2-4,8-9H2,1H3. The Hall–Kier alpha value is -1.09. The Morgan fingerprint density at radius 1 is 1.35 bits per heavy atom. The molecule has 2 rings (SSSR count). The van der Waals surface area contributed by atoms with E-state index in [1.54, 1.807) is 13.2 Å². The molecule has 1 saturated heterocycles. The fourth-order valence-corrected chi connectivity index (χ4v) is 2.35. The summed E-state index contributed by atoms with van der Waals surface area (Å²) in [6.07, 6.45) is 3.44. The zero-order valence-electron chi connectivity index (χ0n) is 10.3. The van der Waals surface area contributed by atoms with Crippen molar-refractivity contribution in [1.29, 1.82) is 0 Å². The molecule has 2 nitrogen and oxygen atoms in total. The number of methoxy groups -OCH3 is 1. The fourth-order valence-electron chi connectivity index (χ4n) is 2.35. The van der Waals surface area contributed by atoms with Crippen molar-refractivity contribution in [2.45, 2.75) is 37.9 Å². The summed E-state index contributed by atoms with van der Waals surface area (Å²) in [7, 11) is 1.61. The van der Waals surface area contributed by atoms with Gasteiger partial charge < -0.3 is 10.1 Å². The summed E-state index contributed by atoms with van der Waals surface area (Å²) in [6.45, 7) is 0.926. The van der Waals surface area contributed by atoms with Gasteiger partial charge in [0.2, 0.25) is 0 Å². The van der Waals surface area contributed by atoms with Crippen LogP contribution in [0, 0.1) is 0 Å². The lowest BCUT2D eigenvalue weighted by molar-refractivity contribution is 0.248. The van der Waals surface area contributed by atoms with Gasteiger partial charge in [-0.25, -0.2) is 4.39 Å². The van der Waals surface area contributed by atoms with E-state index in [2.05, 4.69) is 5.32 Å². The summed E-state index contributed by atoms with van der Waals surface area (Å²) < 4.78 is 19.5. The van der Waals surface area contributed by atoms with Crippen LogP contribution < -0.4 is 10.1 Å². The van der Waals surface area contributed by atoms with Crippen LogP contribution >= 0.6 is 0 Å². The van der Waals surface area contributed by atoms with Crippen LogP contribution in [0.1, 0.15) is 37.4 Å². The van der Waals surface area contributed by atoms with Crippen molar-refractivity contribution in [3.8, 4) is 5.75 Å². The molecule has 1 N–H and O–H groups in total. The molecule has 0 spiro atoms. The number of alkyl halides is 1. The molecule has 1 aliphatic heterocycles. The first-order valence-corrected chi connectivity index (χ1v) is 6.32. The highest BCUT2D eigenvalue weighted by Gasteiger charge is 2.23. The van der Waals surface area contributed by atoms with Gasteiger partial charge in [0.05, 0.1) is 7.11 Å². The van der Waals surface area contributed by atoms with Crippen LogP contribution in [-0.2, 0) is 0 Å². The Labute approximate surface area is 102 Å². The minimum absolute atomic E-state index is 0.0513. The molecule has 2 unspecified atom stereocenters. The molecule has 0 bridgehead atoms. The number of hydrogen-bond acceptors (Lipinski definition) is 2. The second-order valence-corrected chi connectivity index (χ2v) is 4.59. The number of ether oxygens (including phenoxy) is 1. The fraction of sp³-hybridized carbons (Fsp3) is 0.571. The second kappa shape index (κ2) is 6.01. The highest BCUT2D eigenvalue weighted by Crippen LogP contribution is 2.28. The van der Waals surface area contributed by atoms with Gasteiger partial charge in [-0.3, -0.25) is 0 Å². The van der Waals surface area contributed by atoms with Crippen LogP contribution in [0.5, 0.6) is 5.75 Å². The first-order valence-electron chi connectivity index (χ1n) is 6.32. The van der Waals surface area contributed by atoms with Crippen LogP contribution in [0.3, 0.4) is 0 Å². The Balaban J connectivity index is 2.08. The maximum Gasteiger partial charge on any atom is 0.140 e. The van der Waals surface area contributed by atoms with Crippen molar-refractivity contribution in [3.63, 3.8) is 0 Å². The third kappa shape index (κ3) is 3.19. The van der Waals surface area contributed by atoms with E-state index in [1.165, 1.54) is 6.42 Å². The van der Waals surface area contributed by atoms with Crippen LogP contribution in [-0.4, -0.2) is 19.7 Å². The molecule has 1 aliphatic rings. The Morgan fingerprint density at radius 3 is 3.06 bits per heavy atom. The summed E-state index contributed by atoms with van der Waals surface area (Å²) >= 11 is 0. The van der Waals surface area contributed by atoms with Crippen LogP contribution in [0.25, 0.3) is 0 Å². The number of benzene rings is 1. The number of nitrogens with one attached hydrogen (secondary N) is 1. The maximum atomic E-state index is 14.4. The van der Waals surface area contributed by atoms with E-state index in [0.29, 0.717) is 5.56 Å². The SMILES string of the molecule is COc1cccc(C(F)C2CCCCCN2)c1. The third-order valence-corrected chi connectivity index (χ3v) is 3.36. The van der Waals surface area contributed by atoms with Gasteiger partial charge >= 0.3 is 0 Å². The van der Waals surface area contributed by atoms with Crippen molar-refractivity contribution in [1.82, 2.24) is 5.32 Å². The molecule has 94 valence electrons. The highest BCUT2D eigenvalue weighted by atomic mass is 19.1. The van der Waals surface area contributed by atoms with E-state index in [0.717, 1.165) is 31.6 Å². The Morgan fingerprint density at radius 2 is 2.24 bits per heavy atom. The molecule has 0 radical (unpaired) electrons. The monoisotopic (exact) mass is 237 g/mol. The maximum absolute atomic E-state index is 14.4. The van der Waals surface area contributed by atoms with Gasteiger partial charge in [-0.05, 0) is 37.1 Å². The summed E-state index contributed by atoms with van der Waals surface area (Å²) in [5.74, 6) is 0.721. The topological polar surface area (TPSA) is 21.3 Å². The van der Waals surface area contributed by atoms with E-state index in [-0.39, 0.29) is 6.04 Å². The highest BCUT2D eigenvalue weighted by molar-refractivity contribution is 5.30. The molecular weight excluding hydrogens is 217 g/mol. The van der Waals surface area contributed by atoms with Crippen LogP contribution in [0.15, 0.2) is 24.3 Å². The van der Waals surface area contributed by atoms with E-state index < -0.39 is 6.17 Å². The van der Waals surface area contributed by atoms with Gasteiger partial charge in [-0.2, -0.15) is 0 Å². The molecule has 1 aromatic carbocycles. The molecule has 17 heavy (non-hydrogen) atoms. The molecule has 0 saturated carbocycles. The molecule has 1 fully saturated rings. The lowest BCUT2D eigenvalue weighted by Crippen LogP contribution is -2.32. The summed E-state index contributed by atoms with van der Waals surface area (Å²) in [6, 6.07) is 7.26. The molecule has 1 heterocycles. The molecule has 0 aliphatic carbocycles. The van der Waals surface area contributed by atoms with Crippen molar-refractivity contribution in [2.24, 2.45) is 0 Å². The largest absolute Gasteiger partial charge is 0.497 e. The van der Waals surface area contributed by atoms with Crippen molar-refractivity contribution >= 4 is 0 Å². The predicted octanol–water partition coefficient (Wildman–Crippen LogP) is 3.24. The molecule has 0 amide bonds. The van der Waals surface area contributed by atoms with E-state index in [9.17, 15) is 4.39 Å². The molecule has 3 heteroatoms. The van der Waals surface area contributed by atoms with Gasteiger partial charge in [-0.15, -0.1) is 0 Å². The first-order chi connectivity index (χ1) is 8.31. The zero-order valence-corrected chi connectivity index (χ0v) is 10.3. The summed E-state index contributed by atoms with van der Waals surface area (Å²) in [4.78, 5) is 0. The van der Waals surface area contributed by atoms with E-state index >= 15 is 0 Å². The van der Waals surface area contributed by atoms with Crippen molar-refractivity contribution < 1.29 is 9.13 Å². The second-order valence-electron chi connectivity index (χ2n) is 4.59. The van der Waals surface area contributed by atoms with Gasteiger partial charge in [0.1, 0.15) is 11.9 Å². The summed E-state index contributed by atoms with van der Waals surface area (Å²) in [5.41, 5.74) is 0.712. The third-order valence-electron chi connectivity index (χ3n) is 3.36. The van der Waals surface area contributed by atoms with Gasteiger partial charge in [0, 0.05) is 6.04 Å². The van der Waals surface area contributed by atoms with Crippen molar-refractivity contribution in [3.05, 3.63) is 29.8 Å². The Bertz CT molecular complexity index is 348. The molecule has 0 aromatic heterocycles. The Kier molecular flexibility index (Phi) is 4.37. The zero-order chi connectivity index (χ0) is 12.1. The number of rotatable bonds is 3. The average Bonchev–Trinajstić information content (AvgIpc) is 2.67. The molecule has 1 aromatic rings. The quantitative estimate of drug-likeness (QED) is 0.871. The number of hydrogen-bond donors (Lipinski definition) is 1. The van der Waals surface area contributed by atoms with Gasteiger partial charge in [0.25, 0.3) is 0 Å². The molecular formula is C14H20FNO. The van der Waals surface area contributed by atoms with E-state index in [4.69, 9.17) is 4.74 Å². The molecule has 2 atom stereocenters. The van der Waals surface area contributed by atoms with Crippen LogP contribution in [0.2, 0.25) is 0 Å². The minimum Gasteiger partial charge on any atom is -0.497 e. The number of halogens is 1. The van der Waals surface area contributed by atoms with Gasteiger partial charge in [0.15, 0.2) is 0 Å². The average molecular weight is 237 g/mol. The summed E-state index contributed by atoms with van der Waals surface area (Å²) in [5, 5.41) is 3.30. The van der Waals surface area contributed by atoms with Crippen molar-refractivity contribution in [2.75, 3.05) is 13.7 Å². The predicted molar refractivity (Wildman–Crippen MR) is 67.1 cm³/mol. The lowest BCUT2D eigenvalue weighted by Gasteiger charge is -2.21. The smallest absolute Gasteiger partial charge is 0.140 e. The lowest BCUT2D eigenvalue weighted by atomic mass is 9.99. The van der Waals surface area contributed by atoms with Gasteiger partial charge in [-0.1, -0.05) is 25.0 Å². The minimum atomic E-state index is -0.941. The first kappa shape index (κ1) is 12.4. The van der Waals surface area contributed by atoms with Crippen LogP contribution in [0.4, 0.5) is 4.39 Å². The normalized spacial score (nSPS) is 22.8.